The van der Waals surface area contributed by atoms with Crippen LogP contribution in [0.15, 0.2) is 24.5 Å². The molecule has 220 valence electrons. The van der Waals surface area contributed by atoms with Crippen LogP contribution in [0.4, 0.5) is 13.2 Å². The van der Waals surface area contributed by atoms with Gasteiger partial charge in [0.05, 0.1) is 24.8 Å². The highest BCUT2D eigenvalue weighted by Gasteiger charge is 2.47. The molecule has 1 saturated heterocycles. The maximum absolute atomic E-state index is 16.2. The molecule has 2 fully saturated rings. The molecule has 4 aromatic rings. The Morgan fingerprint density at radius 2 is 1.81 bits per heavy atom. The van der Waals surface area contributed by atoms with E-state index in [1.165, 1.54) is 16.9 Å². The summed E-state index contributed by atoms with van der Waals surface area (Å²) in [4.78, 5) is 42.8. The van der Waals surface area contributed by atoms with Crippen LogP contribution in [-0.4, -0.2) is 65.4 Å². The number of hydrogen-bond acceptors (Lipinski definition) is 6. The van der Waals surface area contributed by atoms with Crippen LogP contribution in [0.5, 0.6) is 0 Å². The minimum Gasteiger partial charge on any atom is -0.364 e. The summed E-state index contributed by atoms with van der Waals surface area (Å²) in [6.45, 7) is 2.34. The van der Waals surface area contributed by atoms with E-state index in [1.807, 2.05) is 0 Å². The number of imidazole rings is 1. The van der Waals surface area contributed by atoms with Crippen LogP contribution in [0.3, 0.4) is 0 Å². The third kappa shape index (κ3) is 4.80. The van der Waals surface area contributed by atoms with Crippen molar-refractivity contribution in [2.75, 3.05) is 13.1 Å². The highest BCUT2D eigenvalue weighted by atomic mass is 19.3. The van der Waals surface area contributed by atoms with Gasteiger partial charge >= 0.3 is 0 Å². The molecule has 0 unspecified atom stereocenters. The predicted octanol–water partition coefficient (Wildman–Crippen LogP) is 4.35. The molecule has 1 aliphatic heterocycles. The first-order chi connectivity index (χ1) is 19.9. The summed E-state index contributed by atoms with van der Waals surface area (Å²) in [5, 5.41) is 4.29. The number of halogens is 3. The zero-order valence-corrected chi connectivity index (χ0v) is 23.5. The van der Waals surface area contributed by atoms with Gasteiger partial charge in [0.15, 0.2) is 5.82 Å². The van der Waals surface area contributed by atoms with Gasteiger partial charge in [-0.25, -0.2) is 28.1 Å². The van der Waals surface area contributed by atoms with E-state index in [9.17, 15) is 18.4 Å². The molecule has 3 N–H and O–H groups in total. The SMILES string of the molecule is Cc1ncc(-c2ccc3[nH]c([C@H](c4cnn(C)c4C(N)=O)C4CCC(C)CC4)nc3c2F)c(C(=O)N2CC(F)(F)C2)n1. The topological polar surface area (TPSA) is 136 Å². The number of amides is 2. The summed E-state index contributed by atoms with van der Waals surface area (Å²) in [5.74, 6) is -3.93. The maximum Gasteiger partial charge on any atom is 0.282 e. The van der Waals surface area contributed by atoms with E-state index < -0.39 is 36.6 Å². The number of alkyl halides is 2. The predicted molar refractivity (Wildman–Crippen MR) is 147 cm³/mol. The lowest BCUT2D eigenvalue weighted by Crippen LogP contribution is -2.58. The highest BCUT2D eigenvalue weighted by molar-refractivity contribution is 6.00. The van der Waals surface area contributed by atoms with Crippen molar-refractivity contribution < 1.29 is 22.8 Å². The molecule has 1 atom stereocenters. The van der Waals surface area contributed by atoms with E-state index in [1.54, 1.807) is 26.2 Å². The van der Waals surface area contributed by atoms with Gasteiger partial charge in [0, 0.05) is 35.9 Å². The van der Waals surface area contributed by atoms with E-state index in [2.05, 4.69) is 27.0 Å². The lowest BCUT2D eigenvalue weighted by Gasteiger charge is -2.38. The van der Waals surface area contributed by atoms with Crippen molar-refractivity contribution >= 4 is 22.8 Å². The van der Waals surface area contributed by atoms with Gasteiger partial charge in [0.1, 0.15) is 28.6 Å². The number of nitrogens with zero attached hydrogens (tertiary/aromatic N) is 6. The third-order valence-corrected chi connectivity index (χ3v) is 8.51. The number of hydrogen-bond donors (Lipinski definition) is 2. The number of benzene rings is 1. The third-order valence-electron chi connectivity index (χ3n) is 8.51. The van der Waals surface area contributed by atoms with Crippen molar-refractivity contribution in [2.45, 2.75) is 51.4 Å². The summed E-state index contributed by atoms with van der Waals surface area (Å²) in [6.07, 6.45) is 6.76. The first-order valence-electron chi connectivity index (χ1n) is 13.9. The van der Waals surface area contributed by atoms with Crippen molar-refractivity contribution in [3.63, 3.8) is 0 Å². The molecule has 1 aromatic carbocycles. The number of nitrogens with two attached hydrogens (primary N) is 1. The van der Waals surface area contributed by atoms with Crippen molar-refractivity contribution in [2.24, 2.45) is 24.6 Å². The number of fused-ring (bicyclic) bond motifs is 1. The molecular formula is C29H31F3N8O2. The van der Waals surface area contributed by atoms with Gasteiger partial charge in [-0.2, -0.15) is 5.10 Å². The second-order valence-electron chi connectivity index (χ2n) is 11.6. The number of aromatic nitrogens is 6. The van der Waals surface area contributed by atoms with Crippen LogP contribution >= 0.6 is 0 Å². The quantitative estimate of drug-likeness (QED) is 0.348. The molecule has 13 heteroatoms. The van der Waals surface area contributed by atoms with E-state index in [4.69, 9.17) is 10.7 Å². The van der Waals surface area contributed by atoms with Crippen LogP contribution in [0.2, 0.25) is 0 Å². The second kappa shape index (κ2) is 10.2. The Morgan fingerprint density at radius 1 is 1.10 bits per heavy atom. The summed E-state index contributed by atoms with van der Waals surface area (Å²) in [5.41, 5.74) is 7.07. The second-order valence-corrected chi connectivity index (χ2v) is 11.6. The van der Waals surface area contributed by atoms with Gasteiger partial charge in [-0.1, -0.05) is 19.8 Å². The zero-order chi connectivity index (χ0) is 29.9. The number of nitrogens with one attached hydrogen (secondary N) is 1. The molecule has 10 nitrogen and oxygen atoms in total. The number of carbonyl (C=O) groups is 2. The summed E-state index contributed by atoms with van der Waals surface area (Å²) >= 11 is 0. The standard InChI is InChI=1S/C29H31F3N8O2/c1-14-4-6-16(7-5-14)21(19-11-35-39(3)25(19)26(33)41)27-37-20-9-8-17(22(30)24(20)38-27)18-10-34-15(2)36-23(18)28(42)40-12-29(31,32)13-40/h8-11,14,16,21H,4-7,12-13H2,1-3H3,(H2,33,41)(H,37,38)/t14?,16?,21-/m0/s1. The number of primary amides is 1. The molecule has 3 aromatic heterocycles. The first-order valence-corrected chi connectivity index (χ1v) is 13.9. The van der Waals surface area contributed by atoms with Gasteiger partial charge in [-0.05, 0) is 43.7 Å². The average Bonchev–Trinajstić information content (AvgIpc) is 3.53. The molecule has 6 rings (SSSR count). The monoisotopic (exact) mass is 580 g/mol. The van der Waals surface area contributed by atoms with E-state index in [-0.39, 0.29) is 45.7 Å². The van der Waals surface area contributed by atoms with Crippen molar-refractivity contribution in [1.82, 2.24) is 34.6 Å². The van der Waals surface area contributed by atoms with Crippen LogP contribution < -0.4 is 5.73 Å². The van der Waals surface area contributed by atoms with Gasteiger partial charge < -0.3 is 15.6 Å². The van der Waals surface area contributed by atoms with Crippen LogP contribution in [-0.2, 0) is 7.05 Å². The molecule has 1 saturated carbocycles. The van der Waals surface area contributed by atoms with E-state index >= 15 is 4.39 Å². The fourth-order valence-electron chi connectivity index (χ4n) is 6.28. The molecule has 2 aliphatic rings. The van der Waals surface area contributed by atoms with Crippen LogP contribution in [0, 0.1) is 24.6 Å². The van der Waals surface area contributed by atoms with E-state index in [0.717, 1.165) is 30.6 Å². The number of aryl methyl sites for hydroxylation is 2. The number of H-pyrrole nitrogens is 1. The minimum absolute atomic E-state index is 0.0263. The zero-order valence-electron chi connectivity index (χ0n) is 23.5. The Hall–Kier alpha value is -4.29. The molecule has 4 heterocycles. The fourth-order valence-corrected chi connectivity index (χ4v) is 6.28. The number of aromatic amines is 1. The summed E-state index contributed by atoms with van der Waals surface area (Å²) in [7, 11) is 1.65. The number of carbonyl (C=O) groups excluding carboxylic acids is 2. The average molecular weight is 581 g/mol. The molecule has 0 radical (unpaired) electrons. The maximum atomic E-state index is 16.2. The minimum atomic E-state index is -2.96. The van der Waals surface area contributed by atoms with Gasteiger partial charge in [-0.3, -0.25) is 14.3 Å². The van der Waals surface area contributed by atoms with E-state index in [0.29, 0.717) is 22.8 Å². The smallest absolute Gasteiger partial charge is 0.282 e. The molecule has 42 heavy (non-hydrogen) atoms. The van der Waals surface area contributed by atoms with Crippen LogP contribution in [0.25, 0.3) is 22.2 Å². The molecule has 1 aliphatic carbocycles. The van der Waals surface area contributed by atoms with Gasteiger partial charge in [0.25, 0.3) is 17.7 Å². The van der Waals surface area contributed by atoms with Gasteiger partial charge in [-0.15, -0.1) is 0 Å². The Morgan fingerprint density at radius 3 is 2.48 bits per heavy atom. The normalized spacial score (nSPS) is 20.9. The number of likely N-dealkylation sites (tertiary alicyclic amines) is 1. The largest absolute Gasteiger partial charge is 0.364 e. The van der Waals surface area contributed by atoms with Crippen molar-refractivity contribution in [3.8, 4) is 11.1 Å². The van der Waals surface area contributed by atoms with Crippen LogP contribution in [0.1, 0.15) is 76.7 Å². The first kappa shape index (κ1) is 27.9. The fraction of sp³-hybridized carbons (Fsp3) is 0.448. The lowest BCUT2D eigenvalue weighted by atomic mass is 9.73. The Kier molecular flexibility index (Phi) is 6.77. The summed E-state index contributed by atoms with van der Waals surface area (Å²) in [6, 6.07) is 3.14. The highest BCUT2D eigenvalue weighted by Crippen LogP contribution is 2.43. The Labute approximate surface area is 239 Å². The number of rotatable bonds is 6. The molecule has 2 amide bonds. The van der Waals surface area contributed by atoms with Gasteiger partial charge in [0.2, 0.25) is 0 Å². The van der Waals surface area contributed by atoms with Crippen molar-refractivity contribution in [1.29, 1.82) is 0 Å². The lowest BCUT2D eigenvalue weighted by molar-refractivity contribution is -0.113. The Balaban J connectivity index is 1.44. The summed E-state index contributed by atoms with van der Waals surface area (Å²) < 4.78 is 44.7. The molecular weight excluding hydrogens is 549 g/mol. The molecule has 0 spiro atoms. The Bertz CT molecular complexity index is 1700. The van der Waals surface area contributed by atoms with Crippen molar-refractivity contribution in [3.05, 3.63) is 58.9 Å². The molecule has 0 bridgehead atoms.